The summed E-state index contributed by atoms with van der Waals surface area (Å²) < 4.78 is 42.0. The van der Waals surface area contributed by atoms with E-state index < -0.39 is 10.0 Å². The van der Waals surface area contributed by atoms with Gasteiger partial charge in [0.05, 0.1) is 17.0 Å². The van der Waals surface area contributed by atoms with E-state index in [9.17, 15) is 12.8 Å². The molecule has 0 radical (unpaired) electrons. The number of nitriles is 1. The zero-order chi connectivity index (χ0) is 20.1. The Hall–Kier alpha value is -2.23. The fourth-order valence-electron chi connectivity index (χ4n) is 3.91. The van der Waals surface area contributed by atoms with E-state index in [4.69, 9.17) is 5.26 Å². The number of rotatable bonds is 7. The van der Waals surface area contributed by atoms with Crippen molar-refractivity contribution >= 4 is 10.0 Å². The van der Waals surface area contributed by atoms with Gasteiger partial charge in [0.1, 0.15) is 5.82 Å². The fraction of sp³-hybridized carbons (Fsp3) is 0.409. The quantitative estimate of drug-likeness (QED) is 0.607. The molecule has 2 aromatic carbocycles. The number of halogens is 1. The molecule has 28 heavy (non-hydrogen) atoms. The van der Waals surface area contributed by atoms with Gasteiger partial charge in [-0.15, -0.1) is 0 Å². The molecule has 0 aromatic heterocycles. The third-order valence-electron chi connectivity index (χ3n) is 5.37. The molecule has 0 N–H and O–H groups in total. The van der Waals surface area contributed by atoms with E-state index in [0.29, 0.717) is 12.8 Å². The van der Waals surface area contributed by atoms with Gasteiger partial charge in [-0.05, 0) is 62.4 Å². The van der Waals surface area contributed by atoms with E-state index in [0.717, 1.165) is 36.8 Å². The van der Waals surface area contributed by atoms with Crippen LogP contribution in [0.1, 0.15) is 55.7 Å². The highest BCUT2D eigenvalue weighted by Crippen LogP contribution is 2.42. The minimum absolute atomic E-state index is 0.111. The van der Waals surface area contributed by atoms with Gasteiger partial charge in [0.25, 0.3) is 0 Å². The van der Waals surface area contributed by atoms with Crippen molar-refractivity contribution in [1.82, 2.24) is 4.31 Å². The van der Waals surface area contributed by atoms with Crippen LogP contribution < -0.4 is 0 Å². The number of hydrogen-bond acceptors (Lipinski definition) is 3. The maximum Gasteiger partial charge on any atom is 0.243 e. The van der Waals surface area contributed by atoms with Gasteiger partial charge >= 0.3 is 0 Å². The normalized spacial score (nSPS) is 20.2. The van der Waals surface area contributed by atoms with Crippen molar-refractivity contribution in [2.75, 3.05) is 0 Å². The maximum absolute atomic E-state index is 13.5. The highest BCUT2D eigenvalue weighted by atomic mass is 32.2. The lowest BCUT2D eigenvalue weighted by molar-refractivity contribution is 0.308. The van der Waals surface area contributed by atoms with Crippen LogP contribution in [0.5, 0.6) is 0 Å². The fourth-order valence-corrected chi connectivity index (χ4v) is 5.80. The van der Waals surface area contributed by atoms with Crippen LogP contribution in [0.2, 0.25) is 0 Å². The van der Waals surface area contributed by atoms with Crippen LogP contribution in [0.25, 0.3) is 0 Å². The lowest BCUT2D eigenvalue weighted by Crippen LogP contribution is -2.37. The topological polar surface area (TPSA) is 61.2 Å². The molecule has 3 rings (SSSR count). The van der Waals surface area contributed by atoms with Crippen molar-refractivity contribution in [2.24, 2.45) is 0 Å². The number of benzene rings is 2. The first-order chi connectivity index (χ1) is 13.4. The van der Waals surface area contributed by atoms with Crippen molar-refractivity contribution in [3.05, 3.63) is 65.5 Å². The number of aryl methyl sites for hydroxylation is 1. The third-order valence-corrected chi connectivity index (χ3v) is 7.34. The molecule has 1 fully saturated rings. The molecule has 0 spiro atoms. The molecule has 4 nitrogen and oxygen atoms in total. The largest absolute Gasteiger partial charge is 0.243 e. The van der Waals surface area contributed by atoms with Gasteiger partial charge in [0.2, 0.25) is 10.0 Å². The highest BCUT2D eigenvalue weighted by molar-refractivity contribution is 7.89. The predicted octanol–water partition coefficient (Wildman–Crippen LogP) is 5.11. The Kier molecular flexibility index (Phi) is 6.48. The Morgan fingerprint density at radius 1 is 1.07 bits per heavy atom. The van der Waals surface area contributed by atoms with Crippen molar-refractivity contribution in [2.45, 2.75) is 62.4 Å². The summed E-state index contributed by atoms with van der Waals surface area (Å²) in [5.74, 6) is -0.331. The minimum atomic E-state index is -3.68. The number of hydrogen-bond donors (Lipinski definition) is 0. The molecule has 1 saturated heterocycles. The molecular formula is C22H25FN2O2S. The van der Waals surface area contributed by atoms with Crippen molar-refractivity contribution in [3.8, 4) is 6.07 Å². The summed E-state index contributed by atoms with van der Waals surface area (Å²) >= 11 is 0. The molecule has 1 aliphatic rings. The first-order valence-electron chi connectivity index (χ1n) is 9.66. The van der Waals surface area contributed by atoms with E-state index in [1.54, 1.807) is 40.7 Å². The Morgan fingerprint density at radius 2 is 1.75 bits per heavy atom. The lowest BCUT2D eigenvalue weighted by Gasteiger charge is -2.30. The second-order valence-corrected chi connectivity index (χ2v) is 9.19. The first-order valence-corrected chi connectivity index (χ1v) is 11.1. The summed E-state index contributed by atoms with van der Waals surface area (Å²) in [6.07, 6.45) is 4.27. The van der Waals surface area contributed by atoms with Crippen LogP contribution in [0, 0.1) is 24.1 Å². The summed E-state index contributed by atoms with van der Waals surface area (Å²) in [7, 11) is -3.68. The smallest absolute Gasteiger partial charge is 0.207 e. The monoisotopic (exact) mass is 400 g/mol. The molecular weight excluding hydrogens is 375 g/mol. The van der Waals surface area contributed by atoms with Crippen LogP contribution >= 0.6 is 0 Å². The second kappa shape index (κ2) is 8.85. The summed E-state index contributed by atoms with van der Waals surface area (Å²) in [6.45, 7) is 1.92. The number of nitrogens with zero attached hydrogens (tertiary/aromatic N) is 2. The molecule has 1 heterocycles. The maximum atomic E-state index is 13.5. The van der Waals surface area contributed by atoms with Gasteiger partial charge in [-0.3, -0.25) is 0 Å². The zero-order valence-corrected chi connectivity index (χ0v) is 16.8. The summed E-state index contributed by atoms with van der Waals surface area (Å²) in [5.41, 5.74) is 1.82. The van der Waals surface area contributed by atoms with Gasteiger partial charge in [0.15, 0.2) is 0 Å². The average molecular weight is 401 g/mol. The van der Waals surface area contributed by atoms with Crippen molar-refractivity contribution in [1.29, 1.82) is 5.26 Å². The SMILES string of the molecule is Cc1ccc(S(=O)(=O)N2C(CCCCC#N)CCC2c2ccc(F)cc2)cc1. The van der Waals surface area contributed by atoms with E-state index in [1.807, 2.05) is 6.92 Å². The molecule has 1 aliphatic heterocycles. The first kappa shape index (κ1) is 20.5. The van der Waals surface area contributed by atoms with Gasteiger partial charge in [-0.1, -0.05) is 36.2 Å². The Morgan fingerprint density at radius 3 is 2.39 bits per heavy atom. The molecule has 2 unspecified atom stereocenters. The van der Waals surface area contributed by atoms with Crippen LogP contribution in [-0.2, 0) is 10.0 Å². The van der Waals surface area contributed by atoms with Crippen LogP contribution in [0.3, 0.4) is 0 Å². The summed E-state index contributed by atoms with van der Waals surface area (Å²) in [6, 6.07) is 14.8. The molecule has 0 bridgehead atoms. The van der Waals surface area contributed by atoms with Gasteiger partial charge in [-0.25, -0.2) is 12.8 Å². The van der Waals surface area contributed by atoms with Gasteiger partial charge in [0, 0.05) is 12.5 Å². The lowest BCUT2D eigenvalue weighted by atomic mass is 10.0. The standard InChI is InChI=1S/C22H25FN2O2S/c1-17-6-13-21(14-7-17)28(26,27)25-20(5-3-2-4-16-24)12-15-22(25)18-8-10-19(23)11-9-18/h6-11,13-14,20,22H,2-5,12,15H2,1H3. The summed E-state index contributed by atoms with van der Waals surface area (Å²) in [5, 5.41) is 8.74. The van der Waals surface area contributed by atoms with E-state index in [1.165, 1.54) is 12.1 Å². The van der Waals surface area contributed by atoms with Gasteiger partial charge < -0.3 is 0 Å². The molecule has 6 heteroatoms. The zero-order valence-electron chi connectivity index (χ0n) is 16.0. The third kappa shape index (κ3) is 4.43. The van der Waals surface area contributed by atoms with E-state index in [-0.39, 0.29) is 22.8 Å². The predicted molar refractivity (Wildman–Crippen MR) is 106 cm³/mol. The molecule has 0 aliphatic carbocycles. The highest BCUT2D eigenvalue weighted by Gasteiger charge is 2.42. The molecule has 2 aromatic rings. The van der Waals surface area contributed by atoms with E-state index in [2.05, 4.69) is 6.07 Å². The number of unbranched alkanes of at least 4 members (excludes halogenated alkanes) is 2. The van der Waals surface area contributed by atoms with Crippen LogP contribution in [0.4, 0.5) is 4.39 Å². The van der Waals surface area contributed by atoms with Crippen molar-refractivity contribution < 1.29 is 12.8 Å². The molecule has 0 saturated carbocycles. The molecule has 148 valence electrons. The Bertz CT molecular complexity index is 934. The average Bonchev–Trinajstić information content (AvgIpc) is 3.11. The Labute approximate surface area is 166 Å². The van der Waals surface area contributed by atoms with Crippen molar-refractivity contribution in [3.63, 3.8) is 0 Å². The molecule has 2 atom stereocenters. The minimum Gasteiger partial charge on any atom is -0.207 e. The number of sulfonamides is 1. The molecule has 0 amide bonds. The van der Waals surface area contributed by atoms with Crippen LogP contribution in [-0.4, -0.2) is 18.8 Å². The summed E-state index contributed by atoms with van der Waals surface area (Å²) in [4.78, 5) is 0.286. The van der Waals surface area contributed by atoms with E-state index >= 15 is 0 Å². The van der Waals surface area contributed by atoms with Gasteiger partial charge in [-0.2, -0.15) is 9.57 Å². The van der Waals surface area contributed by atoms with Crippen LogP contribution in [0.15, 0.2) is 53.4 Å². The Balaban J connectivity index is 1.93. The second-order valence-electron chi connectivity index (χ2n) is 7.35.